The fraction of sp³-hybridized carbons (Fsp3) is 0.455. The van der Waals surface area contributed by atoms with Crippen LogP contribution in [-0.4, -0.2) is 30.7 Å². The summed E-state index contributed by atoms with van der Waals surface area (Å²) in [6.07, 6.45) is 10.4. The zero-order valence-electron chi connectivity index (χ0n) is 32.4. The molecule has 8 heteroatoms. The predicted molar refractivity (Wildman–Crippen MR) is 244 cm³/mol. The van der Waals surface area contributed by atoms with E-state index < -0.39 is 17.6 Å². The fourth-order valence-electron chi connectivity index (χ4n) is 8.23. The van der Waals surface area contributed by atoms with Crippen molar-refractivity contribution in [1.29, 1.82) is 0 Å². The third kappa shape index (κ3) is 7.60. The third-order valence-corrected chi connectivity index (χ3v) is 23.1. The molecule has 6 heterocycles. The van der Waals surface area contributed by atoms with Gasteiger partial charge in [0.1, 0.15) is 17.6 Å². The number of hydrogen-bond donors (Lipinski definition) is 2. The predicted octanol–water partition coefficient (Wildman–Crippen LogP) is 10.8. The number of unbranched alkanes of at least 4 members (excludes halogenated alkanes) is 2. The zero-order valence-corrected chi connectivity index (χ0v) is 38.0. The van der Waals surface area contributed by atoms with E-state index >= 15 is 0 Å². The van der Waals surface area contributed by atoms with Crippen molar-refractivity contribution in [1.82, 2.24) is 10.6 Å². The molecule has 4 aromatic heterocycles. The smallest absolute Gasteiger partial charge is 0.102 e. The van der Waals surface area contributed by atoms with Gasteiger partial charge in [-0.05, 0) is 106 Å². The van der Waals surface area contributed by atoms with Crippen molar-refractivity contribution in [2.45, 2.75) is 105 Å². The van der Waals surface area contributed by atoms with Gasteiger partial charge in [0.05, 0.1) is 4.88 Å². The quantitative estimate of drug-likeness (QED) is 0.0863. The van der Waals surface area contributed by atoms with E-state index in [1.807, 2.05) is 34.0 Å². The summed E-state index contributed by atoms with van der Waals surface area (Å²) in [7, 11) is -2.49. The lowest BCUT2D eigenvalue weighted by Crippen LogP contribution is -2.37. The third-order valence-electron chi connectivity index (χ3n) is 11.9. The molecule has 0 amide bonds. The van der Waals surface area contributed by atoms with Gasteiger partial charge in [0, 0.05) is 52.4 Å². The molecule has 0 radical (unpaired) electrons. The van der Waals surface area contributed by atoms with Crippen LogP contribution in [0.5, 0.6) is 0 Å². The van der Waals surface area contributed by atoms with Crippen LogP contribution in [0.25, 0.3) is 46.1 Å². The number of hydrogen-bond acceptors (Lipinski definition) is 6. The Morgan fingerprint density at radius 2 is 1.19 bits per heavy atom. The average molecular weight is 799 g/mol. The van der Waals surface area contributed by atoms with E-state index in [9.17, 15) is 0 Å². The van der Waals surface area contributed by atoms with Crippen LogP contribution in [0.15, 0.2) is 55.1 Å². The van der Waals surface area contributed by atoms with Crippen molar-refractivity contribution in [2.75, 3.05) is 13.1 Å². The van der Waals surface area contributed by atoms with E-state index in [0.717, 1.165) is 30.6 Å². The van der Waals surface area contributed by atoms with E-state index in [4.69, 9.17) is 0 Å². The van der Waals surface area contributed by atoms with Gasteiger partial charge in [-0.15, -0.1) is 45.3 Å². The fourth-order valence-corrected chi connectivity index (χ4v) is 19.3. The van der Waals surface area contributed by atoms with Gasteiger partial charge in [-0.25, -0.2) is 0 Å². The molecule has 2 aliphatic heterocycles. The Hall–Kier alpha value is -2.05. The Morgan fingerprint density at radius 3 is 1.75 bits per heavy atom. The second kappa shape index (κ2) is 16.8. The topological polar surface area (TPSA) is 24.1 Å². The molecule has 0 spiro atoms. The van der Waals surface area contributed by atoms with E-state index in [1.54, 1.807) is 41.6 Å². The molecule has 2 N–H and O–H groups in total. The molecule has 2 aliphatic rings. The molecule has 0 saturated heterocycles. The van der Waals surface area contributed by atoms with E-state index in [1.165, 1.54) is 80.6 Å². The standard InChI is InChI=1S/C44H58N2S4Si2/c1-9-13-15-29(11-3)25-45-27(5)33-17-19-35(47-33)37-23-41-43(49-37)31-21-40-32(22-39(31)51(41)7)44-42(52(40)8)24-38(50-44)36-20-18-34(48-36)28(6)46-26-30(12-4)16-14-10-2/h17-24,28-30,45-46,51-52H,5,9-16,25-26H2,1-4,6-8H3. The van der Waals surface area contributed by atoms with Crippen LogP contribution >= 0.6 is 45.3 Å². The molecule has 7 rings (SSSR count). The maximum atomic E-state index is 4.43. The minimum atomic E-state index is -1.25. The second-order valence-electron chi connectivity index (χ2n) is 15.4. The van der Waals surface area contributed by atoms with E-state index in [-0.39, 0.29) is 0 Å². The first-order chi connectivity index (χ1) is 25.2. The molecule has 2 nitrogen and oxygen atoms in total. The zero-order chi connectivity index (χ0) is 36.5. The Morgan fingerprint density at radius 1 is 0.654 bits per heavy atom. The molecule has 52 heavy (non-hydrogen) atoms. The van der Waals surface area contributed by atoms with Crippen molar-refractivity contribution in [2.24, 2.45) is 11.8 Å². The second-order valence-corrected chi connectivity index (χ2v) is 25.1. The highest BCUT2D eigenvalue weighted by atomic mass is 32.1. The van der Waals surface area contributed by atoms with Gasteiger partial charge >= 0.3 is 0 Å². The Labute approximate surface area is 333 Å². The molecular weight excluding hydrogens is 741 g/mol. The van der Waals surface area contributed by atoms with Gasteiger partial charge in [-0.1, -0.05) is 98.0 Å². The molecule has 276 valence electrons. The van der Waals surface area contributed by atoms with Crippen LogP contribution in [0.2, 0.25) is 13.1 Å². The lowest BCUT2D eigenvalue weighted by molar-refractivity contribution is 0.400. The maximum absolute atomic E-state index is 4.43. The summed E-state index contributed by atoms with van der Waals surface area (Å²) in [5.41, 5.74) is 4.21. The number of thiophene rings is 4. The Balaban J connectivity index is 1.06. The molecule has 0 fully saturated rings. The summed E-state index contributed by atoms with van der Waals surface area (Å²) in [6.45, 7) is 23.3. The summed E-state index contributed by atoms with van der Waals surface area (Å²) < 4.78 is 0. The molecule has 0 saturated carbocycles. The van der Waals surface area contributed by atoms with E-state index in [2.05, 4.69) is 125 Å². The molecule has 0 aliphatic carbocycles. The van der Waals surface area contributed by atoms with Crippen LogP contribution in [0.1, 0.15) is 102 Å². The van der Waals surface area contributed by atoms with Gasteiger partial charge in [-0.3, -0.25) is 0 Å². The summed E-state index contributed by atoms with van der Waals surface area (Å²) in [6, 6.07) is 20.2. The van der Waals surface area contributed by atoms with Gasteiger partial charge in [-0.2, -0.15) is 0 Å². The lowest BCUT2D eigenvalue weighted by Gasteiger charge is -2.19. The summed E-state index contributed by atoms with van der Waals surface area (Å²) in [5.74, 6) is 1.52. The molecule has 5 unspecified atom stereocenters. The minimum Gasteiger partial charge on any atom is -0.384 e. The minimum absolute atomic E-state index is 0.406. The number of nitrogens with one attached hydrogen (secondary N) is 2. The molecular formula is C44H58N2S4Si2. The largest absolute Gasteiger partial charge is 0.384 e. The average Bonchev–Trinajstić information content (AvgIpc) is 4.01. The van der Waals surface area contributed by atoms with Crippen LogP contribution in [0, 0.1) is 11.8 Å². The van der Waals surface area contributed by atoms with Crippen molar-refractivity contribution in [3.8, 4) is 40.4 Å². The van der Waals surface area contributed by atoms with Crippen molar-refractivity contribution in [3.63, 3.8) is 0 Å². The van der Waals surface area contributed by atoms with Crippen LogP contribution in [-0.2, 0) is 0 Å². The highest BCUT2D eigenvalue weighted by molar-refractivity contribution is 7.27. The normalized spacial score (nSPS) is 17.4. The van der Waals surface area contributed by atoms with Crippen molar-refractivity contribution >= 4 is 89.4 Å². The van der Waals surface area contributed by atoms with Gasteiger partial charge in [0.2, 0.25) is 0 Å². The highest BCUT2D eigenvalue weighted by Gasteiger charge is 2.36. The number of rotatable bonds is 18. The Kier molecular flexibility index (Phi) is 12.3. The molecule has 1 aromatic carbocycles. The molecule has 5 atom stereocenters. The number of benzene rings is 1. The molecule has 5 aromatic rings. The lowest BCUT2D eigenvalue weighted by atomic mass is 9.99. The van der Waals surface area contributed by atoms with Gasteiger partial charge < -0.3 is 10.6 Å². The molecule has 0 bridgehead atoms. The Bertz CT molecular complexity index is 2010. The first kappa shape index (κ1) is 38.2. The first-order valence-corrected chi connectivity index (χ1v) is 28.0. The van der Waals surface area contributed by atoms with Gasteiger partial charge in [0.25, 0.3) is 0 Å². The van der Waals surface area contributed by atoms with Gasteiger partial charge in [0.15, 0.2) is 0 Å². The van der Waals surface area contributed by atoms with E-state index in [0.29, 0.717) is 6.04 Å². The first-order valence-electron chi connectivity index (χ1n) is 20.1. The number of fused-ring (bicyclic) bond motifs is 6. The van der Waals surface area contributed by atoms with Crippen molar-refractivity contribution in [3.05, 3.63) is 64.9 Å². The van der Waals surface area contributed by atoms with Crippen LogP contribution in [0.4, 0.5) is 0 Å². The SMILES string of the molecule is C=C(NCC(CC)CCCC)c1ccc(-c2cc3c(s2)-c2cc4c(cc2[SiH]3C)-c2sc(-c3ccc(C(C)NCC(CC)CCCC)s3)cc2[SiH]4C)s1. The summed E-state index contributed by atoms with van der Waals surface area (Å²) >= 11 is 7.99. The maximum Gasteiger partial charge on any atom is 0.102 e. The monoisotopic (exact) mass is 798 g/mol. The summed E-state index contributed by atoms with van der Waals surface area (Å²) in [5, 5.41) is 14.2. The van der Waals surface area contributed by atoms with Crippen LogP contribution in [0.3, 0.4) is 0 Å². The van der Waals surface area contributed by atoms with Crippen LogP contribution < -0.4 is 31.4 Å². The highest BCUT2D eigenvalue weighted by Crippen LogP contribution is 2.43. The summed E-state index contributed by atoms with van der Waals surface area (Å²) in [4.78, 5) is 11.6. The van der Waals surface area contributed by atoms with Crippen molar-refractivity contribution < 1.29 is 0 Å².